The molecule has 1 N–H and O–H groups in total. The minimum Gasteiger partial charge on any atom is -0.379 e. The molecule has 1 saturated heterocycles. The number of aromatic nitrogens is 2. The number of nitrogens with zero attached hydrogens (tertiary/aromatic N) is 4. The third kappa shape index (κ3) is 4.26. The van der Waals surface area contributed by atoms with Gasteiger partial charge in [-0.3, -0.25) is 4.79 Å². The molecule has 0 radical (unpaired) electrons. The van der Waals surface area contributed by atoms with E-state index in [9.17, 15) is 17.6 Å². The van der Waals surface area contributed by atoms with Crippen LogP contribution in [-0.2, 0) is 14.8 Å². The number of carbonyl (C=O) groups is 1. The Morgan fingerprint density at radius 2 is 1.89 bits per heavy atom. The van der Waals surface area contributed by atoms with E-state index in [2.05, 4.69) is 15.5 Å². The number of amides is 1. The molecule has 11 heteroatoms. The lowest BCUT2D eigenvalue weighted by atomic mass is 10.3. The molecule has 0 bridgehead atoms. The van der Waals surface area contributed by atoms with Crippen LogP contribution >= 0.6 is 0 Å². The van der Waals surface area contributed by atoms with Crippen LogP contribution in [0.5, 0.6) is 0 Å². The molecular formula is C17H20FN5O4S. The second-order valence-electron chi connectivity index (χ2n) is 6.29. The summed E-state index contributed by atoms with van der Waals surface area (Å²) in [5, 5.41) is 10.3. The Morgan fingerprint density at radius 3 is 2.50 bits per heavy atom. The zero-order chi connectivity index (χ0) is 20.3. The molecule has 1 fully saturated rings. The fourth-order valence-electron chi connectivity index (χ4n) is 2.58. The van der Waals surface area contributed by atoms with E-state index in [-0.39, 0.29) is 37.7 Å². The molecule has 0 spiro atoms. The molecule has 9 nitrogen and oxygen atoms in total. The molecule has 3 rings (SSSR count). The van der Waals surface area contributed by atoms with Gasteiger partial charge >= 0.3 is 0 Å². The average molecular weight is 409 g/mol. The highest BCUT2D eigenvalue weighted by molar-refractivity contribution is 7.89. The summed E-state index contributed by atoms with van der Waals surface area (Å²) in [5.74, 6) is -0.893. The number of hydrogen-bond donors (Lipinski definition) is 1. The Bertz CT molecular complexity index is 960. The van der Waals surface area contributed by atoms with Crippen LogP contribution in [0.3, 0.4) is 0 Å². The first-order valence-corrected chi connectivity index (χ1v) is 9.93. The summed E-state index contributed by atoms with van der Waals surface area (Å²) in [6, 6.07) is 6.50. The van der Waals surface area contributed by atoms with Crippen molar-refractivity contribution < 1.29 is 22.3 Å². The summed E-state index contributed by atoms with van der Waals surface area (Å²) in [6.07, 6.45) is 0. The van der Waals surface area contributed by atoms with Crippen molar-refractivity contribution in [3.8, 4) is 0 Å². The summed E-state index contributed by atoms with van der Waals surface area (Å²) < 4.78 is 45.9. The van der Waals surface area contributed by atoms with Gasteiger partial charge < -0.3 is 15.0 Å². The number of carbonyl (C=O) groups excluding carboxylic acids is 1. The zero-order valence-corrected chi connectivity index (χ0v) is 16.2. The number of benzene rings is 1. The predicted octanol–water partition coefficient (Wildman–Crippen LogP) is 0.955. The van der Waals surface area contributed by atoms with Crippen molar-refractivity contribution in [1.29, 1.82) is 0 Å². The van der Waals surface area contributed by atoms with Gasteiger partial charge in [0.2, 0.25) is 10.0 Å². The van der Waals surface area contributed by atoms with E-state index < -0.39 is 26.6 Å². The molecule has 2 aromatic rings. The average Bonchev–Trinajstić information content (AvgIpc) is 2.70. The van der Waals surface area contributed by atoms with Crippen molar-refractivity contribution in [2.45, 2.75) is 4.90 Å². The normalized spacial score (nSPS) is 15.2. The summed E-state index contributed by atoms with van der Waals surface area (Å²) in [5.41, 5.74) is 0.184. The van der Waals surface area contributed by atoms with E-state index in [0.717, 1.165) is 16.4 Å². The quantitative estimate of drug-likeness (QED) is 0.784. The molecule has 0 unspecified atom stereocenters. The lowest BCUT2D eigenvalue weighted by molar-refractivity contribution is 0.0729. The summed E-state index contributed by atoms with van der Waals surface area (Å²) in [6.45, 7) is 0.788. The van der Waals surface area contributed by atoms with Gasteiger partial charge in [0, 0.05) is 32.9 Å². The highest BCUT2D eigenvalue weighted by atomic mass is 32.2. The van der Waals surface area contributed by atoms with Crippen molar-refractivity contribution in [2.24, 2.45) is 0 Å². The number of sulfonamides is 1. The fraction of sp³-hybridized carbons (Fsp3) is 0.353. The number of morpholine rings is 1. The minimum atomic E-state index is -4.04. The number of ether oxygens (including phenoxy) is 1. The third-order valence-corrected chi connectivity index (χ3v) is 6.03. The van der Waals surface area contributed by atoms with Crippen molar-refractivity contribution >= 4 is 27.4 Å². The van der Waals surface area contributed by atoms with Crippen molar-refractivity contribution in [1.82, 2.24) is 14.5 Å². The number of halogens is 1. The van der Waals surface area contributed by atoms with Crippen molar-refractivity contribution in [3.05, 3.63) is 41.8 Å². The second kappa shape index (κ2) is 8.17. The Hall–Kier alpha value is -2.63. The predicted molar refractivity (Wildman–Crippen MR) is 100 cm³/mol. The van der Waals surface area contributed by atoms with E-state index in [4.69, 9.17) is 4.74 Å². The largest absolute Gasteiger partial charge is 0.379 e. The highest BCUT2D eigenvalue weighted by Gasteiger charge is 2.29. The SMILES string of the molecule is CN(C)c1ccc(C(=O)Nc2ccc(F)c(S(=O)(=O)N3CCOCC3)c2)nn1. The molecule has 0 atom stereocenters. The summed E-state index contributed by atoms with van der Waals surface area (Å²) in [7, 11) is -0.456. The van der Waals surface area contributed by atoms with Crippen LogP contribution in [0.4, 0.5) is 15.9 Å². The van der Waals surface area contributed by atoms with E-state index >= 15 is 0 Å². The third-order valence-electron chi connectivity index (χ3n) is 4.12. The maximum atomic E-state index is 14.2. The van der Waals surface area contributed by atoms with Gasteiger partial charge in [0.25, 0.3) is 5.91 Å². The molecule has 1 aliphatic heterocycles. The number of anilines is 2. The van der Waals surface area contributed by atoms with E-state index in [0.29, 0.717) is 5.82 Å². The number of hydrogen-bond acceptors (Lipinski definition) is 7. The molecule has 1 amide bonds. The first-order chi connectivity index (χ1) is 13.3. The molecule has 1 aliphatic rings. The first-order valence-electron chi connectivity index (χ1n) is 8.49. The Kier molecular flexibility index (Phi) is 5.87. The summed E-state index contributed by atoms with van der Waals surface area (Å²) in [4.78, 5) is 13.6. The lowest BCUT2D eigenvalue weighted by Gasteiger charge is -2.26. The lowest BCUT2D eigenvalue weighted by Crippen LogP contribution is -2.40. The van der Waals surface area contributed by atoms with Crippen LogP contribution in [-0.4, -0.2) is 69.2 Å². The maximum Gasteiger partial charge on any atom is 0.276 e. The van der Waals surface area contributed by atoms with E-state index in [1.165, 1.54) is 12.1 Å². The minimum absolute atomic E-state index is 0.0486. The van der Waals surface area contributed by atoms with E-state index in [1.54, 1.807) is 25.1 Å². The Morgan fingerprint density at radius 1 is 1.18 bits per heavy atom. The number of rotatable bonds is 5. The van der Waals surface area contributed by atoms with Gasteiger partial charge in [-0.15, -0.1) is 10.2 Å². The molecule has 150 valence electrons. The van der Waals surface area contributed by atoms with Crippen LogP contribution in [0.1, 0.15) is 10.5 Å². The first kappa shape index (κ1) is 20.1. The van der Waals surface area contributed by atoms with Gasteiger partial charge in [0.1, 0.15) is 10.7 Å². The molecular weight excluding hydrogens is 389 g/mol. The fourth-order valence-corrected chi connectivity index (χ4v) is 4.08. The van der Waals surface area contributed by atoms with Crippen LogP contribution in [0.2, 0.25) is 0 Å². The van der Waals surface area contributed by atoms with Gasteiger partial charge in [-0.25, -0.2) is 12.8 Å². The molecule has 1 aromatic carbocycles. The van der Waals surface area contributed by atoms with Crippen LogP contribution < -0.4 is 10.2 Å². The standard InChI is InChI=1S/C17H20FN5O4S/c1-22(2)16-6-5-14(20-21-16)17(24)19-12-3-4-13(18)15(11-12)28(25,26)23-7-9-27-10-8-23/h3-6,11H,7-10H2,1-2H3,(H,19,24). The molecule has 1 aromatic heterocycles. The molecule has 0 saturated carbocycles. The smallest absolute Gasteiger partial charge is 0.276 e. The van der Waals surface area contributed by atoms with Crippen molar-refractivity contribution in [3.63, 3.8) is 0 Å². The van der Waals surface area contributed by atoms with Gasteiger partial charge in [0.05, 0.1) is 13.2 Å². The second-order valence-corrected chi connectivity index (χ2v) is 8.19. The molecule has 0 aliphatic carbocycles. The topological polar surface area (TPSA) is 105 Å². The Balaban J connectivity index is 1.82. The van der Waals surface area contributed by atoms with Gasteiger partial charge in [-0.2, -0.15) is 4.31 Å². The Labute approximate surface area is 162 Å². The number of nitrogens with one attached hydrogen (secondary N) is 1. The zero-order valence-electron chi connectivity index (χ0n) is 15.4. The van der Waals surface area contributed by atoms with Gasteiger partial charge in [-0.05, 0) is 30.3 Å². The highest BCUT2D eigenvalue weighted by Crippen LogP contribution is 2.24. The molecule has 2 heterocycles. The van der Waals surface area contributed by atoms with Gasteiger partial charge in [-0.1, -0.05) is 0 Å². The monoisotopic (exact) mass is 409 g/mol. The maximum absolute atomic E-state index is 14.2. The van der Waals surface area contributed by atoms with Crippen molar-refractivity contribution in [2.75, 3.05) is 50.6 Å². The van der Waals surface area contributed by atoms with E-state index in [1.807, 2.05) is 0 Å². The van der Waals surface area contributed by atoms with Crippen LogP contribution in [0.15, 0.2) is 35.2 Å². The van der Waals surface area contributed by atoms with Gasteiger partial charge in [0.15, 0.2) is 11.5 Å². The van der Waals surface area contributed by atoms with Crippen LogP contribution in [0, 0.1) is 5.82 Å². The van der Waals surface area contributed by atoms with Crippen LogP contribution in [0.25, 0.3) is 0 Å². The molecule has 28 heavy (non-hydrogen) atoms. The summed E-state index contributed by atoms with van der Waals surface area (Å²) >= 11 is 0.